The van der Waals surface area contributed by atoms with E-state index in [1.54, 1.807) is 12.1 Å². The van der Waals surface area contributed by atoms with Gasteiger partial charge in [0.15, 0.2) is 17.8 Å². The van der Waals surface area contributed by atoms with Crippen LogP contribution in [-0.4, -0.2) is 39.8 Å². The molecule has 0 spiro atoms. The maximum Gasteiger partial charge on any atom is 0.263 e. The molecule has 0 atom stereocenters. The Hall–Kier alpha value is -2.76. The zero-order valence-corrected chi connectivity index (χ0v) is 13.5. The summed E-state index contributed by atoms with van der Waals surface area (Å²) in [7, 11) is 3.01. The molecule has 24 heavy (non-hydrogen) atoms. The van der Waals surface area contributed by atoms with E-state index in [4.69, 9.17) is 24.2 Å². The zero-order valence-electron chi connectivity index (χ0n) is 13.5. The van der Waals surface area contributed by atoms with Crippen LogP contribution in [0.25, 0.3) is 0 Å². The standard InChI is InChI=1S/C16H19N3O5/c1-21-15(22-2)9-18-8-12(6-17)16(20)19-7-11-3-4-13-14(5-11)24-10-23-13/h3-5,8,15,18H,7,9-10H2,1-2H3,(H,19,20)/b12-8-. The van der Waals surface area contributed by atoms with Gasteiger partial charge in [0.25, 0.3) is 5.91 Å². The molecule has 1 heterocycles. The zero-order chi connectivity index (χ0) is 17.4. The highest BCUT2D eigenvalue weighted by atomic mass is 16.7. The summed E-state index contributed by atoms with van der Waals surface area (Å²) in [6, 6.07) is 7.24. The predicted molar refractivity (Wildman–Crippen MR) is 83.9 cm³/mol. The van der Waals surface area contributed by atoms with Crippen LogP contribution in [0.15, 0.2) is 30.0 Å². The molecule has 0 radical (unpaired) electrons. The van der Waals surface area contributed by atoms with E-state index in [9.17, 15) is 4.79 Å². The summed E-state index contributed by atoms with van der Waals surface area (Å²) < 4.78 is 20.5. The SMILES string of the molecule is COC(CN/C=C(/C#N)C(=O)NCc1ccc2c(c1)OCO2)OC. The Morgan fingerprint density at radius 3 is 2.83 bits per heavy atom. The van der Waals surface area contributed by atoms with Crippen LogP contribution in [0.5, 0.6) is 11.5 Å². The first kappa shape index (κ1) is 17.6. The van der Waals surface area contributed by atoms with E-state index in [2.05, 4.69) is 10.6 Å². The lowest BCUT2D eigenvalue weighted by molar-refractivity contribution is -0.117. The van der Waals surface area contributed by atoms with E-state index in [1.165, 1.54) is 20.4 Å². The molecule has 0 saturated heterocycles. The summed E-state index contributed by atoms with van der Waals surface area (Å²) in [6.45, 7) is 0.781. The number of benzene rings is 1. The quantitative estimate of drug-likeness (QED) is 0.409. The van der Waals surface area contributed by atoms with Crippen molar-refractivity contribution in [2.75, 3.05) is 27.6 Å². The average Bonchev–Trinajstić information content (AvgIpc) is 3.07. The fourth-order valence-corrected chi connectivity index (χ4v) is 2.00. The fourth-order valence-electron chi connectivity index (χ4n) is 2.00. The molecule has 1 aromatic rings. The fraction of sp³-hybridized carbons (Fsp3) is 0.375. The first-order valence-corrected chi connectivity index (χ1v) is 7.24. The number of methoxy groups -OCH3 is 2. The molecular weight excluding hydrogens is 314 g/mol. The van der Waals surface area contributed by atoms with Gasteiger partial charge in [-0.2, -0.15) is 5.26 Å². The van der Waals surface area contributed by atoms with Gasteiger partial charge in [-0.3, -0.25) is 4.79 Å². The minimum atomic E-state index is -0.478. The van der Waals surface area contributed by atoms with Crippen LogP contribution in [0.3, 0.4) is 0 Å². The van der Waals surface area contributed by atoms with Crippen LogP contribution in [0.4, 0.5) is 0 Å². The van der Waals surface area contributed by atoms with Crippen molar-refractivity contribution in [1.82, 2.24) is 10.6 Å². The third kappa shape index (κ3) is 4.62. The maximum absolute atomic E-state index is 12.0. The van der Waals surface area contributed by atoms with Crippen molar-refractivity contribution in [2.45, 2.75) is 12.8 Å². The summed E-state index contributed by atoms with van der Waals surface area (Å²) in [6.07, 6.45) is 0.873. The van der Waals surface area contributed by atoms with Gasteiger partial charge in [-0.25, -0.2) is 0 Å². The van der Waals surface area contributed by atoms with E-state index in [1.807, 2.05) is 12.1 Å². The summed E-state index contributed by atoms with van der Waals surface area (Å²) in [4.78, 5) is 12.0. The number of ether oxygens (including phenoxy) is 4. The third-order valence-corrected chi connectivity index (χ3v) is 3.31. The molecule has 0 fully saturated rings. The second-order valence-corrected chi connectivity index (χ2v) is 4.85. The normalized spacial score (nSPS) is 12.8. The first-order valence-electron chi connectivity index (χ1n) is 7.24. The van der Waals surface area contributed by atoms with Gasteiger partial charge in [0.05, 0.1) is 6.54 Å². The Morgan fingerprint density at radius 1 is 1.38 bits per heavy atom. The van der Waals surface area contributed by atoms with Crippen LogP contribution in [0.2, 0.25) is 0 Å². The smallest absolute Gasteiger partial charge is 0.263 e. The topological polar surface area (TPSA) is 102 Å². The summed E-state index contributed by atoms with van der Waals surface area (Å²) >= 11 is 0. The van der Waals surface area contributed by atoms with Gasteiger partial charge in [-0.1, -0.05) is 6.07 Å². The number of nitrogens with one attached hydrogen (secondary N) is 2. The van der Waals surface area contributed by atoms with Crippen molar-refractivity contribution in [3.05, 3.63) is 35.5 Å². The van der Waals surface area contributed by atoms with Gasteiger partial charge < -0.3 is 29.6 Å². The molecular formula is C16H19N3O5. The van der Waals surface area contributed by atoms with E-state index >= 15 is 0 Å². The number of amides is 1. The molecule has 0 aromatic heterocycles. The van der Waals surface area contributed by atoms with Crippen molar-refractivity contribution >= 4 is 5.91 Å². The van der Waals surface area contributed by atoms with Crippen molar-refractivity contribution in [3.8, 4) is 17.6 Å². The molecule has 1 aliphatic rings. The number of nitrogens with zero attached hydrogens (tertiary/aromatic N) is 1. The van der Waals surface area contributed by atoms with Gasteiger partial charge in [-0.05, 0) is 17.7 Å². The molecule has 1 aliphatic heterocycles. The molecule has 2 rings (SSSR count). The van der Waals surface area contributed by atoms with Crippen LogP contribution in [-0.2, 0) is 20.8 Å². The molecule has 8 heteroatoms. The van der Waals surface area contributed by atoms with E-state index in [-0.39, 0.29) is 18.9 Å². The van der Waals surface area contributed by atoms with Crippen LogP contribution in [0.1, 0.15) is 5.56 Å². The number of fused-ring (bicyclic) bond motifs is 1. The number of hydrogen-bond donors (Lipinski definition) is 2. The average molecular weight is 333 g/mol. The highest BCUT2D eigenvalue weighted by Crippen LogP contribution is 2.32. The Morgan fingerprint density at radius 2 is 2.12 bits per heavy atom. The summed E-state index contributed by atoms with van der Waals surface area (Å²) in [5.74, 6) is 0.844. The number of nitriles is 1. The van der Waals surface area contributed by atoms with Crippen molar-refractivity contribution < 1.29 is 23.7 Å². The molecule has 0 saturated carbocycles. The van der Waals surface area contributed by atoms with Crippen LogP contribution < -0.4 is 20.1 Å². The minimum Gasteiger partial charge on any atom is -0.454 e. The Bertz CT molecular complexity index is 650. The number of carbonyl (C=O) groups excluding carboxylic acids is 1. The predicted octanol–water partition coefficient (Wildman–Crippen LogP) is 0.647. The van der Waals surface area contributed by atoms with E-state index in [0.717, 1.165) is 5.56 Å². The van der Waals surface area contributed by atoms with Crippen molar-refractivity contribution in [2.24, 2.45) is 0 Å². The van der Waals surface area contributed by atoms with Gasteiger partial charge in [0.1, 0.15) is 11.6 Å². The largest absolute Gasteiger partial charge is 0.454 e. The van der Waals surface area contributed by atoms with Gasteiger partial charge in [0, 0.05) is 27.0 Å². The lowest BCUT2D eigenvalue weighted by Crippen LogP contribution is -2.29. The van der Waals surface area contributed by atoms with Gasteiger partial charge >= 0.3 is 0 Å². The van der Waals surface area contributed by atoms with Gasteiger partial charge in [0.2, 0.25) is 6.79 Å². The maximum atomic E-state index is 12.0. The van der Waals surface area contributed by atoms with E-state index < -0.39 is 12.2 Å². The van der Waals surface area contributed by atoms with Crippen LogP contribution in [0, 0.1) is 11.3 Å². The molecule has 0 bridgehead atoms. The number of hydrogen-bond acceptors (Lipinski definition) is 7. The van der Waals surface area contributed by atoms with Crippen LogP contribution >= 0.6 is 0 Å². The second kappa shape index (κ2) is 8.76. The molecule has 0 unspecified atom stereocenters. The summed E-state index contributed by atoms with van der Waals surface area (Å²) in [5.41, 5.74) is 0.804. The van der Waals surface area contributed by atoms with Crippen molar-refractivity contribution in [3.63, 3.8) is 0 Å². The lowest BCUT2D eigenvalue weighted by atomic mass is 10.2. The van der Waals surface area contributed by atoms with E-state index in [0.29, 0.717) is 18.0 Å². The Balaban J connectivity index is 1.86. The molecule has 1 amide bonds. The number of carbonyl (C=O) groups is 1. The monoisotopic (exact) mass is 333 g/mol. The molecule has 8 nitrogen and oxygen atoms in total. The second-order valence-electron chi connectivity index (χ2n) is 4.85. The minimum absolute atomic E-state index is 0.0401. The molecule has 0 aliphatic carbocycles. The lowest BCUT2D eigenvalue weighted by Gasteiger charge is -2.13. The highest BCUT2D eigenvalue weighted by Gasteiger charge is 2.14. The third-order valence-electron chi connectivity index (χ3n) is 3.31. The Labute approximate surface area is 139 Å². The summed E-state index contributed by atoms with van der Waals surface area (Å²) in [5, 5.41) is 14.6. The first-order chi connectivity index (χ1) is 11.7. The number of rotatable bonds is 8. The highest BCUT2D eigenvalue weighted by molar-refractivity contribution is 5.97. The Kier molecular flexibility index (Phi) is 6.42. The molecule has 2 N–H and O–H groups in total. The molecule has 128 valence electrons. The van der Waals surface area contributed by atoms with Gasteiger partial charge in [-0.15, -0.1) is 0 Å². The molecule has 1 aromatic carbocycles. The van der Waals surface area contributed by atoms with Crippen molar-refractivity contribution in [1.29, 1.82) is 5.26 Å².